The van der Waals surface area contributed by atoms with Crippen molar-refractivity contribution >= 4 is 11.9 Å². The predicted octanol–water partition coefficient (Wildman–Crippen LogP) is 0.167. The molecule has 1 aliphatic rings. The highest BCUT2D eigenvalue weighted by Gasteiger charge is 2.39. The van der Waals surface area contributed by atoms with Crippen LogP contribution in [-0.4, -0.2) is 47.7 Å². The summed E-state index contributed by atoms with van der Waals surface area (Å²) in [5, 5.41) is 9.50. The molecule has 2 unspecified atom stereocenters. The summed E-state index contributed by atoms with van der Waals surface area (Å²) in [5.74, 6) is -0.306. The fourth-order valence-corrected chi connectivity index (χ4v) is 1.92. The van der Waals surface area contributed by atoms with Crippen molar-refractivity contribution in [3.05, 3.63) is 0 Å². The summed E-state index contributed by atoms with van der Waals surface area (Å²) < 4.78 is 4.62. The Hall–Kier alpha value is -1.10. The molecule has 5 nitrogen and oxygen atoms in total. The Morgan fingerprint density at radius 2 is 2.12 bits per heavy atom. The number of hydrogen-bond donors (Lipinski definition) is 1. The van der Waals surface area contributed by atoms with Crippen LogP contribution in [-0.2, 0) is 14.3 Å². The van der Waals surface area contributed by atoms with Gasteiger partial charge in [-0.2, -0.15) is 0 Å². The van der Waals surface area contributed by atoms with Crippen LogP contribution in [0.3, 0.4) is 0 Å². The van der Waals surface area contributed by atoms with Crippen molar-refractivity contribution in [1.29, 1.82) is 0 Å². The van der Waals surface area contributed by atoms with Gasteiger partial charge in [0.05, 0.1) is 13.2 Å². The summed E-state index contributed by atoms with van der Waals surface area (Å²) in [6, 6.07) is -0.619. The molecule has 92 valence electrons. The minimum Gasteiger partial charge on any atom is -0.467 e. The fourth-order valence-electron chi connectivity index (χ4n) is 1.92. The molecule has 0 aromatic heterocycles. The number of nitrogens with zero attached hydrogens (tertiary/aromatic N) is 1. The number of β-amino-alcohol motifs (C(OH)–C–C–N with tert-alkyl or cyclic N) is 1. The normalized spacial score (nSPS) is 24.9. The van der Waals surface area contributed by atoms with E-state index in [0.29, 0.717) is 6.42 Å². The Labute approximate surface area is 95.4 Å². The molecular formula is C11H19NO4. The van der Waals surface area contributed by atoms with E-state index in [1.165, 1.54) is 12.0 Å². The maximum atomic E-state index is 11.8. The van der Waals surface area contributed by atoms with E-state index in [1.807, 2.05) is 13.8 Å². The second kappa shape index (κ2) is 5.30. The van der Waals surface area contributed by atoms with Crippen molar-refractivity contribution in [3.63, 3.8) is 0 Å². The molecule has 5 heteroatoms. The first-order valence-corrected chi connectivity index (χ1v) is 5.51. The molecule has 0 aliphatic carbocycles. The van der Waals surface area contributed by atoms with Crippen molar-refractivity contribution < 1.29 is 19.4 Å². The van der Waals surface area contributed by atoms with E-state index in [1.54, 1.807) is 0 Å². The molecule has 0 aromatic carbocycles. The van der Waals surface area contributed by atoms with Gasteiger partial charge in [0.15, 0.2) is 0 Å². The first-order chi connectivity index (χ1) is 7.45. The topological polar surface area (TPSA) is 66.8 Å². The number of ether oxygens (including phenoxy) is 1. The van der Waals surface area contributed by atoms with E-state index in [0.717, 1.165) is 0 Å². The lowest BCUT2D eigenvalue weighted by molar-refractivity contribution is -0.151. The summed E-state index contributed by atoms with van der Waals surface area (Å²) in [6.07, 6.45) is 0.0386. The second-order valence-corrected chi connectivity index (χ2v) is 4.57. The van der Waals surface area contributed by atoms with Gasteiger partial charge in [0.1, 0.15) is 6.04 Å². The largest absolute Gasteiger partial charge is 0.467 e. The van der Waals surface area contributed by atoms with Gasteiger partial charge < -0.3 is 14.7 Å². The van der Waals surface area contributed by atoms with Crippen molar-refractivity contribution in [1.82, 2.24) is 4.90 Å². The number of rotatable bonds is 3. The maximum absolute atomic E-state index is 11.8. The molecule has 1 amide bonds. The summed E-state index contributed by atoms with van der Waals surface area (Å²) in [5.41, 5.74) is 0. The molecule has 1 aliphatic heterocycles. The monoisotopic (exact) mass is 229 g/mol. The van der Waals surface area contributed by atoms with Crippen molar-refractivity contribution in [2.75, 3.05) is 13.7 Å². The van der Waals surface area contributed by atoms with Crippen molar-refractivity contribution in [3.8, 4) is 0 Å². The highest BCUT2D eigenvalue weighted by atomic mass is 16.5. The van der Waals surface area contributed by atoms with Gasteiger partial charge in [0.25, 0.3) is 0 Å². The SMILES string of the molecule is COC(=O)C1CC(O)CN1C(=O)CC(C)C. The number of aliphatic hydroxyl groups is 1. The zero-order chi connectivity index (χ0) is 12.3. The molecule has 1 rings (SSSR count). The molecule has 1 heterocycles. The van der Waals surface area contributed by atoms with Gasteiger partial charge in [0.2, 0.25) is 5.91 Å². The van der Waals surface area contributed by atoms with Gasteiger partial charge in [0, 0.05) is 19.4 Å². The van der Waals surface area contributed by atoms with Crippen LogP contribution in [0.4, 0.5) is 0 Å². The molecular weight excluding hydrogens is 210 g/mol. The van der Waals surface area contributed by atoms with E-state index >= 15 is 0 Å². The van der Waals surface area contributed by atoms with E-state index in [4.69, 9.17) is 0 Å². The van der Waals surface area contributed by atoms with Crippen LogP contribution < -0.4 is 0 Å². The van der Waals surface area contributed by atoms with E-state index in [2.05, 4.69) is 4.74 Å². The molecule has 0 spiro atoms. The van der Waals surface area contributed by atoms with E-state index < -0.39 is 18.1 Å². The average Bonchev–Trinajstić information content (AvgIpc) is 2.58. The third-order valence-corrected chi connectivity index (χ3v) is 2.66. The van der Waals surface area contributed by atoms with Crippen LogP contribution >= 0.6 is 0 Å². The quantitative estimate of drug-likeness (QED) is 0.700. The molecule has 1 fully saturated rings. The van der Waals surface area contributed by atoms with Gasteiger partial charge in [-0.1, -0.05) is 13.8 Å². The van der Waals surface area contributed by atoms with Gasteiger partial charge in [-0.15, -0.1) is 0 Å². The summed E-state index contributed by atoms with van der Waals surface area (Å²) in [7, 11) is 1.29. The molecule has 16 heavy (non-hydrogen) atoms. The lowest BCUT2D eigenvalue weighted by Crippen LogP contribution is -2.41. The Morgan fingerprint density at radius 3 is 2.62 bits per heavy atom. The van der Waals surface area contributed by atoms with Crippen molar-refractivity contribution in [2.45, 2.75) is 38.8 Å². The van der Waals surface area contributed by atoms with E-state index in [-0.39, 0.29) is 24.8 Å². The van der Waals surface area contributed by atoms with Gasteiger partial charge in [-0.3, -0.25) is 4.79 Å². The summed E-state index contributed by atoms with van der Waals surface area (Å²) in [4.78, 5) is 24.7. The van der Waals surface area contributed by atoms with Crippen LogP contribution in [0, 0.1) is 5.92 Å². The smallest absolute Gasteiger partial charge is 0.328 e. The average molecular weight is 229 g/mol. The number of carbonyl (C=O) groups is 2. The minimum absolute atomic E-state index is 0.0954. The third-order valence-electron chi connectivity index (χ3n) is 2.66. The van der Waals surface area contributed by atoms with Crippen LogP contribution in [0.25, 0.3) is 0 Å². The van der Waals surface area contributed by atoms with Crippen LogP contribution in [0.1, 0.15) is 26.7 Å². The van der Waals surface area contributed by atoms with Gasteiger partial charge in [-0.25, -0.2) is 4.79 Å². The molecule has 1 saturated heterocycles. The third kappa shape index (κ3) is 2.95. The fraction of sp³-hybridized carbons (Fsp3) is 0.818. The van der Waals surface area contributed by atoms with Crippen molar-refractivity contribution in [2.24, 2.45) is 5.92 Å². The standard InChI is InChI=1S/C11H19NO4/c1-7(2)4-10(14)12-6-8(13)5-9(12)11(15)16-3/h7-9,13H,4-6H2,1-3H3. The Kier molecular flexibility index (Phi) is 4.29. The summed E-state index contributed by atoms with van der Waals surface area (Å²) >= 11 is 0. The first-order valence-electron chi connectivity index (χ1n) is 5.51. The number of likely N-dealkylation sites (tertiary alicyclic amines) is 1. The minimum atomic E-state index is -0.625. The molecule has 1 N–H and O–H groups in total. The maximum Gasteiger partial charge on any atom is 0.328 e. The zero-order valence-electron chi connectivity index (χ0n) is 9.97. The lowest BCUT2D eigenvalue weighted by atomic mass is 10.1. The zero-order valence-corrected chi connectivity index (χ0v) is 9.97. The number of esters is 1. The number of methoxy groups -OCH3 is 1. The molecule has 0 radical (unpaired) electrons. The Balaban J connectivity index is 2.69. The number of carbonyl (C=O) groups excluding carboxylic acids is 2. The second-order valence-electron chi connectivity index (χ2n) is 4.57. The Bertz CT molecular complexity index is 277. The molecule has 2 atom stereocenters. The molecule has 0 bridgehead atoms. The van der Waals surface area contributed by atoms with Crippen LogP contribution in [0.2, 0.25) is 0 Å². The highest BCUT2D eigenvalue weighted by molar-refractivity contribution is 5.85. The van der Waals surface area contributed by atoms with Crippen LogP contribution in [0.15, 0.2) is 0 Å². The molecule has 0 aromatic rings. The number of hydrogen-bond acceptors (Lipinski definition) is 4. The van der Waals surface area contributed by atoms with E-state index in [9.17, 15) is 14.7 Å². The molecule has 0 saturated carbocycles. The van der Waals surface area contributed by atoms with Gasteiger partial charge >= 0.3 is 5.97 Å². The number of amides is 1. The highest BCUT2D eigenvalue weighted by Crippen LogP contribution is 2.21. The lowest BCUT2D eigenvalue weighted by Gasteiger charge is -2.23. The van der Waals surface area contributed by atoms with Crippen LogP contribution in [0.5, 0.6) is 0 Å². The first kappa shape index (κ1) is 13.0. The Morgan fingerprint density at radius 1 is 1.50 bits per heavy atom. The number of aliphatic hydroxyl groups excluding tert-OH is 1. The summed E-state index contributed by atoms with van der Waals surface area (Å²) in [6.45, 7) is 4.11. The predicted molar refractivity (Wildman–Crippen MR) is 57.6 cm³/mol. The van der Waals surface area contributed by atoms with Gasteiger partial charge in [-0.05, 0) is 5.92 Å².